The number of rotatable bonds is 2. The van der Waals surface area contributed by atoms with Gasteiger partial charge < -0.3 is 0 Å². The van der Waals surface area contributed by atoms with Crippen molar-refractivity contribution in [3.8, 4) is 11.3 Å². The zero-order valence-electron chi connectivity index (χ0n) is 8.41. The Kier molecular flexibility index (Phi) is 2.31. The highest BCUT2D eigenvalue weighted by molar-refractivity contribution is 5.64. The zero-order chi connectivity index (χ0) is 9.97. The summed E-state index contributed by atoms with van der Waals surface area (Å²) in [6, 6.07) is 6.27. The first-order valence-corrected chi connectivity index (χ1v) is 4.78. The summed E-state index contributed by atoms with van der Waals surface area (Å²) in [5.74, 6) is 0. The van der Waals surface area contributed by atoms with E-state index in [4.69, 9.17) is 0 Å². The third-order valence-electron chi connectivity index (χ3n) is 2.46. The van der Waals surface area contributed by atoms with E-state index in [1.165, 1.54) is 16.7 Å². The summed E-state index contributed by atoms with van der Waals surface area (Å²) in [6.45, 7) is 4.29. The minimum absolute atomic E-state index is 0.922. The van der Waals surface area contributed by atoms with E-state index in [1.54, 1.807) is 0 Å². The van der Waals surface area contributed by atoms with E-state index in [1.807, 2.05) is 6.20 Å². The normalized spacial score (nSPS) is 10.4. The average Bonchev–Trinajstić information content (AvgIpc) is 2.70. The fourth-order valence-electron chi connectivity index (χ4n) is 1.74. The molecule has 0 bridgehead atoms. The van der Waals surface area contributed by atoms with Crippen molar-refractivity contribution in [2.24, 2.45) is 0 Å². The quantitative estimate of drug-likeness (QED) is 0.784. The van der Waals surface area contributed by atoms with E-state index in [0.717, 1.165) is 12.1 Å². The van der Waals surface area contributed by atoms with E-state index < -0.39 is 0 Å². The number of aromatic nitrogens is 3. The van der Waals surface area contributed by atoms with Crippen molar-refractivity contribution in [3.63, 3.8) is 0 Å². The first-order valence-electron chi connectivity index (χ1n) is 4.78. The molecule has 72 valence electrons. The molecule has 14 heavy (non-hydrogen) atoms. The molecule has 0 saturated heterocycles. The second-order valence-electron chi connectivity index (χ2n) is 3.31. The molecule has 2 rings (SSSR count). The van der Waals surface area contributed by atoms with E-state index in [0.29, 0.717) is 0 Å². The van der Waals surface area contributed by atoms with Crippen LogP contribution in [-0.4, -0.2) is 15.4 Å². The highest BCUT2D eigenvalue weighted by Crippen LogP contribution is 2.23. The molecule has 0 aliphatic carbocycles. The lowest BCUT2D eigenvalue weighted by Crippen LogP contribution is -1.91. The Hall–Kier alpha value is -1.64. The van der Waals surface area contributed by atoms with Gasteiger partial charge in [0.1, 0.15) is 5.69 Å². The molecule has 2 aromatic rings. The number of nitrogens with zero attached hydrogens (tertiary/aromatic N) is 2. The monoisotopic (exact) mass is 187 g/mol. The van der Waals surface area contributed by atoms with Gasteiger partial charge in [0.15, 0.2) is 0 Å². The standard InChI is InChI=1S/C11H13N3/c1-3-9-8(2)5-4-6-10(9)11-7-12-14-13-11/h4-7H,3H2,1-2H3,(H,12,13,14). The van der Waals surface area contributed by atoms with Crippen LogP contribution in [0.15, 0.2) is 24.4 Å². The minimum atomic E-state index is 0.922. The minimum Gasteiger partial charge on any atom is -0.265 e. The van der Waals surface area contributed by atoms with Crippen molar-refractivity contribution in [3.05, 3.63) is 35.5 Å². The summed E-state index contributed by atoms with van der Waals surface area (Å²) in [5, 5.41) is 10.5. The molecule has 1 aromatic carbocycles. The summed E-state index contributed by atoms with van der Waals surface area (Å²) in [7, 11) is 0. The Morgan fingerprint density at radius 1 is 1.36 bits per heavy atom. The van der Waals surface area contributed by atoms with Gasteiger partial charge >= 0.3 is 0 Å². The second kappa shape index (κ2) is 3.62. The number of hydrogen-bond acceptors (Lipinski definition) is 2. The molecule has 0 unspecified atom stereocenters. The van der Waals surface area contributed by atoms with Crippen LogP contribution in [0.25, 0.3) is 11.3 Å². The molecule has 0 aliphatic rings. The van der Waals surface area contributed by atoms with Gasteiger partial charge in [-0.2, -0.15) is 0 Å². The van der Waals surface area contributed by atoms with Crippen molar-refractivity contribution < 1.29 is 0 Å². The number of benzene rings is 1. The smallest absolute Gasteiger partial charge is 0.113 e. The van der Waals surface area contributed by atoms with E-state index in [-0.39, 0.29) is 0 Å². The van der Waals surface area contributed by atoms with Crippen LogP contribution in [0.4, 0.5) is 0 Å². The number of aromatic amines is 1. The second-order valence-corrected chi connectivity index (χ2v) is 3.31. The number of nitrogens with one attached hydrogen (secondary N) is 1. The number of hydrogen-bond donors (Lipinski definition) is 1. The molecule has 0 saturated carbocycles. The predicted molar refractivity (Wildman–Crippen MR) is 55.9 cm³/mol. The Morgan fingerprint density at radius 3 is 2.86 bits per heavy atom. The van der Waals surface area contributed by atoms with Gasteiger partial charge in [-0.3, -0.25) is 5.10 Å². The highest BCUT2D eigenvalue weighted by atomic mass is 15.3. The van der Waals surface area contributed by atoms with Crippen LogP contribution >= 0.6 is 0 Å². The van der Waals surface area contributed by atoms with Crippen LogP contribution in [-0.2, 0) is 6.42 Å². The first kappa shape index (κ1) is 8.94. The molecule has 0 amide bonds. The fourth-order valence-corrected chi connectivity index (χ4v) is 1.74. The first-order chi connectivity index (χ1) is 6.83. The van der Waals surface area contributed by atoms with Crippen molar-refractivity contribution >= 4 is 0 Å². The molecule has 0 aliphatic heterocycles. The maximum atomic E-state index is 4.03. The lowest BCUT2D eigenvalue weighted by Gasteiger charge is -2.07. The Morgan fingerprint density at radius 2 is 2.21 bits per heavy atom. The van der Waals surface area contributed by atoms with Crippen molar-refractivity contribution in [1.82, 2.24) is 15.4 Å². The molecule has 3 heteroatoms. The molecule has 0 fully saturated rings. The van der Waals surface area contributed by atoms with Crippen LogP contribution < -0.4 is 0 Å². The molecular weight excluding hydrogens is 174 g/mol. The number of H-pyrrole nitrogens is 1. The predicted octanol–water partition coefficient (Wildman–Crippen LogP) is 2.34. The lowest BCUT2D eigenvalue weighted by atomic mass is 9.98. The topological polar surface area (TPSA) is 41.6 Å². The van der Waals surface area contributed by atoms with Gasteiger partial charge in [0.2, 0.25) is 0 Å². The van der Waals surface area contributed by atoms with Gasteiger partial charge in [-0.25, -0.2) is 0 Å². The van der Waals surface area contributed by atoms with Crippen molar-refractivity contribution in [1.29, 1.82) is 0 Å². The number of aryl methyl sites for hydroxylation is 1. The van der Waals surface area contributed by atoms with Gasteiger partial charge in [0.05, 0.1) is 0 Å². The summed E-state index contributed by atoms with van der Waals surface area (Å²) >= 11 is 0. The Labute approximate surface area is 83.2 Å². The van der Waals surface area contributed by atoms with Gasteiger partial charge in [0, 0.05) is 11.8 Å². The van der Waals surface area contributed by atoms with Crippen LogP contribution in [0, 0.1) is 6.92 Å². The maximum Gasteiger partial charge on any atom is 0.113 e. The molecule has 1 N–H and O–H groups in total. The molecular formula is C11H13N3. The van der Waals surface area contributed by atoms with Gasteiger partial charge in [0.25, 0.3) is 0 Å². The van der Waals surface area contributed by atoms with Crippen molar-refractivity contribution in [2.75, 3.05) is 0 Å². The Balaban J connectivity index is 2.58. The van der Waals surface area contributed by atoms with Crippen LogP contribution in [0.1, 0.15) is 18.1 Å². The van der Waals surface area contributed by atoms with Crippen LogP contribution in [0.2, 0.25) is 0 Å². The van der Waals surface area contributed by atoms with Gasteiger partial charge in [-0.05, 0) is 24.5 Å². The molecule has 0 radical (unpaired) electrons. The molecule has 1 heterocycles. The summed E-state index contributed by atoms with van der Waals surface area (Å²) in [6.07, 6.45) is 2.85. The Bertz CT molecular complexity index is 418. The van der Waals surface area contributed by atoms with Crippen LogP contribution in [0.3, 0.4) is 0 Å². The average molecular weight is 187 g/mol. The zero-order valence-corrected chi connectivity index (χ0v) is 8.41. The van der Waals surface area contributed by atoms with E-state index in [2.05, 4.69) is 47.5 Å². The highest BCUT2D eigenvalue weighted by Gasteiger charge is 2.07. The fraction of sp³-hybridized carbons (Fsp3) is 0.273. The summed E-state index contributed by atoms with van der Waals surface area (Å²) in [5.41, 5.74) is 4.77. The molecule has 1 aromatic heterocycles. The van der Waals surface area contributed by atoms with Crippen molar-refractivity contribution in [2.45, 2.75) is 20.3 Å². The third kappa shape index (κ3) is 1.41. The largest absolute Gasteiger partial charge is 0.265 e. The maximum absolute atomic E-state index is 4.03. The summed E-state index contributed by atoms with van der Waals surface area (Å²) in [4.78, 5) is 0. The van der Waals surface area contributed by atoms with Gasteiger partial charge in [-0.15, -0.1) is 5.10 Å². The SMILES string of the molecule is CCc1c(C)cccc1-c1c[nH]nn1. The third-order valence-corrected chi connectivity index (χ3v) is 2.46. The molecule has 0 atom stereocenters. The van der Waals surface area contributed by atoms with Gasteiger partial charge in [-0.1, -0.05) is 30.3 Å². The van der Waals surface area contributed by atoms with Crippen LogP contribution in [0.5, 0.6) is 0 Å². The summed E-state index contributed by atoms with van der Waals surface area (Å²) < 4.78 is 0. The van der Waals surface area contributed by atoms with E-state index >= 15 is 0 Å². The molecule has 0 spiro atoms. The molecule has 3 nitrogen and oxygen atoms in total. The lowest BCUT2D eigenvalue weighted by molar-refractivity contribution is 0.941. The van der Waals surface area contributed by atoms with E-state index in [9.17, 15) is 0 Å².